The molecule has 0 amide bonds. The van der Waals surface area contributed by atoms with Crippen molar-refractivity contribution in [3.63, 3.8) is 0 Å². The molecule has 1 aromatic rings. The highest BCUT2D eigenvalue weighted by Crippen LogP contribution is 2.17. The molecular weight excluding hydrogens is 325 g/mol. The van der Waals surface area contributed by atoms with Gasteiger partial charge in [-0.15, -0.1) is 0 Å². The zero-order chi connectivity index (χ0) is 16.3. The summed E-state index contributed by atoms with van der Waals surface area (Å²) in [4.78, 5) is 0.962. The Balaban J connectivity index is 2.78. The summed E-state index contributed by atoms with van der Waals surface area (Å²) >= 11 is 4.76. The van der Waals surface area contributed by atoms with Crippen LogP contribution < -0.4 is 5.73 Å². The highest BCUT2D eigenvalue weighted by atomic mass is 32.2. The number of rotatable bonds is 6. The van der Waals surface area contributed by atoms with Gasteiger partial charge in [-0.05, 0) is 19.2 Å². The van der Waals surface area contributed by atoms with Crippen LogP contribution in [0.3, 0.4) is 0 Å². The molecule has 0 fully saturated rings. The van der Waals surface area contributed by atoms with Crippen LogP contribution in [-0.4, -0.2) is 50.4 Å². The van der Waals surface area contributed by atoms with Crippen molar-refractivity contribution in [2.75, 3.05) is 25.9 Å². The molecule has 0 radical (unpaired) electrons. The van der Waals surface area contributed by atoms with Gasteiger partial charge in [0.25, 0.3) is 0 Å². The molecule has 0 heterocycles. The number of alkyl halides is 3. The fourth-order valence-corrected chi connectivity index (χ4v) is 3.13. The lowest BCUT2D eigenvalue weighted by Crippen LogP contribution is -2.34. The monoisotopic (exact) mass is 340 g/mol. The van der Waals surface area contributed by atoms with Crippen LogP contribution >= 0.6 is 12.2 Å². The average Bonchev–Trinajstić information content (AvgIpc) is 2.35. The van der Waals surface area contributed by atoms with Gasteiger partial charge in [0.2, 0.25) is 0 Å². The van der Waals surface area contributed by atoms with E-state index in [0.717, 1.165) is 4.90 Å². The number of thiocarbonyl (C=S) groups is 1. The van der Waals surface area contributed by atoms with Gasteiger partial charge in [-0.2, -0.15) is 13.2 Å². The second-order valence-electron chi connectivity index (χ2n) is 4.56. The first kappa shape index (κ1) is 17.9. The Morgan fingerprint density at radius 2 is 2.00 bits per heavy atom. The van der Waals surface area contributed by atoms with Crippen molar-refractivity contribution in [3.8, 4) is 0 Å². The van der Waals surface area contributed by atoms with Crippen molar-refractivity contribution in [1.29, 1.82) is 0 Å². The van der Waals surface area contributed by atoms with E-state index in [0.29, 0.717) is 5.56 Å². The summed E-state index contributed by atoms with van der Waals surface area (Å²) in [5, 5.41) is 0. The lowest BCUT2D eigenvalue weighted by Gasteiger charge is -2.18. The zero-order valence-electron chi connectivity index (χ0n) is 11.2. The molecular formula is C12H15F3N2O2S2. The van der Waals surface area contributed by atoms with Crippen LogP contribution in [0.5, 0.6) is 0 Å². The first-order chi connectivity index (χ1) is 9.51. The number of halogens is 3. The van der Waals surface area contributed by atoms with Gasteiger partial charge < -0.3 is 5.73 Å². The van der Waals surface area contributed by atoms with E-state index in [1.54, 1.807) is 6.07 Å². The number of sulfone groups is 1. The minimum atomic E-state index is -4.36. The molecule has 0 bridgehead atoms. The first-order valence-corrected chi connectivity index (χ1v) is 7.95. The Bertz CT molecular complexity index is 615. The fourth-order valence-electron chi connectivity index (χ4n) is 1.62. The Morgan fingerprint density at radius 3 is 2.52 bits per heavy atom. The lowest BCUT2D eigenvalue weighted by molar-refractivity contribution is -0.142. The third-order valence-electron chi connectivity index (χ3n) is 2.67. The van der Waals surface area contributed by atoms with E-state index in [1.807, 2.05) is 0 Å². The minimum Gasteiger partial charge on any atom is -0.389 e. The standard InChI is InChI=1S/C12H15F3N2O2S2/c1-17(8-12(13,14)15)5-6-21(18,19)10-4-2-3-9(7-10)11(16)20/h2-4,7H,5-6,8H2,1H3,(H2,16,20). The van der Waals surface area contributed by atoms with Crippen molar-refractivity contribution in [2.24, 2.45) is 5.73 Å². The molecule has 0 spiro atoms. The first-order valence-electron chi connectivity index (χ1n) is 5.89. The van der Waals surface area contributed by atoms with Crippen molar-refractivity contribution in [1.82, 2.24) is 4.90 Å². The van der Waals surface area contributed by atoms with Crippen LogP contribution in [0, 0.1) is 0 Å². The van der Waals surface area contributed by atoms with E-state index < -0.39 is 28.3 Å². The predicted molar refractivity (Wildman–Crippen MR) is 77.9 cm³/mol. The topological polar surface area (TPSA) is 63.4 Å². The van der Waals surface area contributed by atoms with Crippen molar-refractivity contribution in [2.45, 2.75) is 11.1 Å². The largest absolute Gasteiger partial charge is 0.401 e. The molecule has 0 atom stereocenters. The summed E-state index contributed by atoms with van der Waals surface area (Å²) in [6, 6.07) is 5.74. The summed E-state index contributed by atoms with van der Waals surface area (Å²) in [6.45, 7) is -1.38. The van der Waals surface area contributed by atoms with Crippen LogP contribution in [-0.2, 0) is 9.84 Å². The Morgan fingerprint density at radius 1 is 1.38 bits per heavy atom. The van der Waals surface area contributed by atoms with Gasteiger partial charge >= 0.3 is 6.18 Å². The Hall–Kier alpha value is -1.19. The summed E-state index contributed by atoms with van der Waals surface area (Å²) < 4.78 is 60.7. The van der Waals surface area contributed by atoms with E-state index in [9.17, 15) is 21.6 Å². The SMILES string of the molecule is CN(CCS(=O)(=O)c1cccc(C(N)=S)c1)CC(F)(F)F. The molecule has 1 rings (SSSR count). The predicted octanol–water partition coefficient (Wildman–Crippen LogP) is 1.59. The molecule has 0 aliphatic heterocycles. The summed E-state index contributed by atoms with van der Waals surface area (Å²) in [5.74, 6) is -0.416. The highest BCUT2D eigenvalue weighted by molar-refractivity contribution is 7.91. The minimum absolute atomic E-state index is 0.00629. The van der Waals surface area contributed by atoms with Gasteiger partial charge in [0, 0.05) is 12.1 Å². The van der Waals surface area contributed by atoms with Gasteiger partial charge in [0.15, 0.2) is 9.84 Å². The molecule has 4 nitrogen and oxygen atoms in total. The van der Waals surface area contributed by atoms with Gasteiger partial charge in [0.05, 0.1) is 17.2 Å². The fraction of sp³-hybridized carbons (Fsp3) is 0.417. The quantitative estimate of drug-likeness (QED) is 0.797. The van der Waals surface area contributed by atoms with Crippen molar-refractivity contribution >= 4 is 27.0 Å². The van der Waals surface area contributed by atoms with E-state index in [-0.39, 0.29) is 16.4 Å². The average molecular weight is 340 g/mol. The maximum atomic E-state index is 12.2. The maximum absolute atomic E-state index is 12.2. The van der Waals surface area contributed by atoms with Gasteiger partial charge in [-0.3, -0.25) is 4.90 Å². The summed E-state index contributed by atoms with van der Waals surface area (Å²) in [6.07, 6.45) is -4.36. The third-order valence-corrected chi connectivity index (χ3v) is 4.60. The molecule has 9 heteroatoms. The van der Waals surface area contributed by atoms with E-state index >= 15 is 0 Å². The molecule has 118 valence electrons. The van der Waals surface area contributed by atoms with E-state index in [4.69, 9.17) is 18.0 Å². The molecule has 0 aliphatic rings. The van der Waals surface area contributed by atoms with Crippen molar-refractivity contribution < 1.29 is 21.6 Å². The van der Waals surface area contributed by atoms with Crippen LogP contribution in [0.15, 0.2) is 29.2 Å². The molecule has 0 aromatic heterocycles. The molecule has 2 N–H and O–H groups in total. The second kappa shape index (κ2) is 6.71. The Kier molecular flexibility index (Phi) is 5.71. The van der Waals surface area contributed by atoms with E-state index in [1.165, 1.54) is 25.2 Å². The van der Waals surface area contributed by atoms with Crippen LogP contribution in [0.25, 0.3) is 0 Å². The molecule has 21 heavy (non-hydrogen) atoms. The smallest absolute Gasteiger partial charge is 0.389 e. The zero-order valence-corrected chi connectivity index (χ0v) is 12.9. The van der Waals surface area contributed by atoms with Crippen LogP contribution in [0.1, 0.15) is 5.56 Å². The van der Waals surface area contributed by atoms with Crippen LogP contribution in [0.2, 0.25) is 0 Å². The third kappa shape index (κ3) is 5.98. The number of nitrogens with zero attached hydrogens (tertiary/aromatic N) is 1. The van der Waals surface area contributed by atoms with Gasteiger partial charge in [-0.1, -0.05) is 24.4 Å². The van der Waals surface area contributed by atoms with Gasteiger partial charge in [0.1, 0.15) is 4.99 Å². The lowest BCUT2D eigenvalue weighted by atomic mass is 10.2. The number of nitrogens with two attached hydrogens (primary N) is 1. The molecule has 0 aliphatic carbocycles. The Labute approximate surface area is 126 Å². The number of benzene rings is 1. The summed E-state index contributed by atoms with van der Waals surface area (Å²) in [5.41, 5.74) is 5.82. The molecule has 1 aromatic carbocycles. The highest BCUT2D eigenvalue weighted by Gasteiger charge is 2.29. The number of hydrogen-bond donors (Lipinski definition) is 1. The van der Waals surface area contributed by atoms with Crippen LogP contribution in [0.4, 0.5) is 13.2 Å². The molecule has 0 saturated carbocycles. The van der Waals surface area contributed by atoms with E-state index in [2.05, 4.69) is 0 Å². The second-order valence-corrected chi connectivity index (χ2v) is 7.11. The normalized spacial score (nSPS) is 12.6. The van der Waals surface area contributed by atoms with Crippen molar-refractivity contribution in [3.05, 3.63) is 29.8 Å². The number of hydrogen-bond acceptors (Lipinski definition) is 4. The summed E-state index contributed by atoms with van der Waals surface area (Å²) in [7, 11) is -2.47. The molecule has 0 unspecified atom stereocenters. The van der Waals surface area contributed by atoms with Gasteiger partial charge in [-0.25, -0.2) is 8.42 Å². The molecule has 0 saturated heterocycles. The maximum Gasteiger partial charge on any atom is 0.401 e.